The van der Waals surface area contributed by atoms with Crippen LogP contribution in [0, 0.1) is 6.92 Å². The molecular formula is C45H43N. The number of rotatable bonds is 9. The van der Waals surface area contributed by atoms with E-state index < -0.39 is 0 Å². The molecule has 0 saturated carbocycles. The fourth-order valence-corrected chi connectivity index (χ4v) is 5.34. The minimum Gasteiger partial charge on any atom is -0.398 e. The molecule has 0 fully saturated rings. The molecule has 0 aliphatic heterocycles. The molecule has 0 amide bonds. The first kappa shape index (κ1) is 32.0. The van der Waals surface area contributed by atoms with Crippen LogP contribution in [0.5, 0.6) is 0 Å². The summed E-state index contributed by atoms with van der Waals surface area (Å²) in [7, 11) is 0. The van der Waals surface area contributed by atoms with Gasteiger partial charge in [-0.05, 0) is 81.5 Å². The third-order valence-corrected chi connectivity index (χ3v) is 8.18. The number of benzene rings is 6. The maximum atomic E-state index is 6.34. The van der Waals surface area contributed by atoms with E-state index in [1.54, 1.807) is 0 Å². The maximum absolute atomic E-state index is 6.34. The summed E-state index contributed by atoms with van der Waals surface area (Å²) in [5.41, 5.74) is 20.2. The largest absolute Gasteiger partial charge is 0.398 e. The van der Waals surface area contributed by atoms with Crippen molar-refractivity contribution in [2.24, 2.45) is 5.73 Å². The lowest BCUT2D eigenvalue weighted by molar-refractivity contribution is 0.795. The molecule has 228 valence electrons. The molecule has 0 radical (unpaired) electrons. The average Bonchev–Trinajstić information content (AvgIpc) is 3.12. The van der Waals surface area contributed by atoms with E-state index in [1.165, 1.54) is 63.8 Å². The van der Waals surface area contributed by atoms with Crippen molar-refractivity contribution >= 4 is 11.3 Å². The Morgan fingerprint density at radius 2 is 0.913 bits per heavy atom. The fraction of sp³-hybridized carbons (Fsp3) is 0.111. The summed E-state index contributed by atoms with van der Waals surface area (Å²) in [6, 6.07) is 55.1. The molecule has 0 aliphatic carbocycles. The van der Waals surface area contributed by atoms with Crippen LogP contribution in [0.25, 0.3) is 44.7 Å². The molecule has 6 aromatic rings. The Morgan fingerprint density at radius 1 is 0.522 bits per heavy atom. The van der Waals surface area contributed by atoms with E-state index in [0.717, 1.165) is 16.7 Å². The van der Waals surface area contributed by atoms with Gasteiger partial charge < -0.3 is 5.73 Å². The molecule has 0 aliphatic rings. The van der Waals surface area contributed by atoms with Crippen LogP contribution < -0.4 is 5.73 Å². The van der Waals surface area contributed by atoms with E-state index >= 15 is 0 Å². The van der Waals surface area contributed by atoms with Crippen LogP contribution in [0.1, 0.15) is 42.0 Å². The topological polar surface area (TPSA) is 26.0 Å². The molecule has 2 N–H and O–H groups in total. The van der Waals surface area contributed by atoms with Gasteiger partial charge in [-0.1, -0.05) is 183 Å². The smallest absolute Gasteiger partial charge is 0.0393 e. The van der Waals surface area contributed by atoms with Gasteiger partial charge in [0.25, 0.3) is 0 Å². The zero-order valence-corrected chi connectivity index (χ0v) is 27.0. The summed E-state index contributed by atoms with van der Waals surface area (Å²) < 4.78 is 0. The monoisotopic (exact) mass is 597 g/mol. The van der Waals surface area contributed by atoms with Crippen LogP contribution in [0.15, 0.2) is 170 Å². The van der Waals surface area contributed by atoms with E-state index in [1.807, 2.05) is 30.3 Å². The standard InChI is InChI=1S/C28H23N.C17H20/c1-21(22-12-14-25(15-13-22)23-8-4-2-5-9-23)20-28(29)27-18-16-26(17-19-27)24-10-6-3-7-11-24;1-3-4-5-15-8-12-17(13-9-15)16-10-6-14(2)7-11-16/h2-20H,1,29H2;6-13H,3-5H2,1-2H3/b28-20-;. The lowest BCUT2D eigenvalue weighted by atomic mass is 9.99. The SMILES string of the molecule is C=C(/C=C(\N)c1ccc(-c2ccccc2)cc1)c1ccc(-c2ccccc2)cc1.CCCCc1ccc(-c2ccc(C)cc2)cc1. The summed E-state index contributed by atoms with van der Waals surface area (Å²) in [6.07, 6.45) is 5.68. The molecule has 0 atom stereocenters. The Labute approximate surface area is 275 Å². The van der Waals surface area contributed by atoms with Gasteiger partial charge in [0.15, 0.2) is 0 Å². The highest BCUT2D eigenvalue weighted by Crippen LogP contribution is 2.25. The summed E-state index contributed by atoms with van der Waals surface area (Å²) in [5.74, 6) is 0. The van der Waals surface area contributed by atoms with E-state index in [-0.39, 0.29) is 0 Å². The van der Waals surface area contributed by atoms with Gasteiger partial charge in [-0.2, -0.15) is 0 Å². The third-order valence-electron chi connectivity index (χ3n) is 8.18. The second-order valence-electron chi connectivity index (χ2n) is 11.7. The van der Waals surface area contributed by atoms with E-state index in [0.29, 0.717) is 5.70 Å². The summed E-state index contributed by atoms with van der Waals surface area (Å²) in [6.45, 7) is 8.56. The molecule has 0 saturated heterocycles. The van der Waals surface area contributed by atoms with Crippen LogP contribution in [0.2, 0.25) is 0 Å². The van der Waals surface area contributed by atoms with Crippen molar-refractivity contribution < 1.29 is 0 Å². The predicted octanol–water partition coefficient (Wildman–Crippen LogP) is 12.0. The number of unbranched alkanes of at least 4 members (excludes halogenated alkanes) is 1. The molecule has 0 aromatic heterocycles. The Kier molecular flexibility index (Phi) is 11.2. The summed E-state index contributed by atoms with van der Waals surface area (Å²) in [5, 5.41) is 0. The van der Waals surface area contributed by atoms with Gasteiger partial charge in [0.05, 0.1) is 0 Å². The van der Waals surface area contributed by atoms with Crippen LogP contribution in [-0.2, 0) is 6.42 Å². The second kappa shape index (κ2) is 16.1. The first-order chi connectivity index (χ1) is 22.5. The van der Waals surface area contributed by atoms with Crippen molar-refractivity contribution in [1.29, 1.82) is 0 Å². The second-order valence-corrected chi connectivity index (χ2v) is 11.7. The van der Waals surface area contributed by atoms with Gasteiger partial charge in [0.2, 0.25) is 0 Å². The average molecular weight is 598 g/mol. The Hall–Kier alpha value is -5.40. The minimum atomic E-state index is 0.710. The van der Waals surface area contributed by atoms with Gasteiger partial charge in [-0.3, -0.25) is 0 Å². The van der Waals surface area contributed by atoms with Crippen LogP contribution in [-0.4, -0.2) is 0 Å². The van der Waals surface area contributed by atoms with Gasteiger partial charge in [-0.25, -0.2) is 0 Å². The number of allylic oxidation sites excluding steroid dienone is 2. The van der Waals surface area contributed by atoms with Gasteiger partial charge in [0, 0.05) is 5.70 Å². The minimum absolute atomic E-state index is 0.710. The van der Waals surface area contributed by atoms with Crippen molar-refractivity contribution in [3.05, 3.63) is 193 Å². The number of hydrogen-bond donors (Lipinski definition) is 1. The Balaban J connectivity index is 0.000000209. The van der Waals surface area contributed by atoms with Crippen molar-refractivity contribution in [2.45, 2.75) is 33.1 Å². The molecular weight excluding hydrogens is 555 g/mol. The number of hydrogen-bond acceptors (Lipinski definition) is 1. The Bertz CT molecular complexity index is 1830. The zero-order valence-electron chi connectivity index (χ0n) is 27.0. The third kappa shape index (κ3) is 8.83. The molecule has 6 aromatic carbocycles. The molecule has 0 bridgehead atoms. The first-order valence-electron chi connectivity index (χ1n) is 16.1. The molecule has 0 spiro atoms. The van der Waals surface area contributed by atoms with Crippen LogP contribution in [0.3, 0.4) is 0 Å². The summed E-state index contributed by atoms with van der Waals surface area (Å²) in [4.78, 5) is 0. The van der Waals surface area contributed by atoms with E-state index in [9.17, 15) is 0 Å². The highest BCUT2D eigenvalue weighted by Gasteiger charge is 2.04. The number of aryl methyl sites for hydroxylation is 2. The van der Waals surface area contributed by atoms with Crippen molar-refractivity contribution in [2.75, 3.05) is 0 Å². The molecule has 46 heavy (non-hydrogen) atoms. The molecule has 1 heteroatoms. The van der Waals surface area contributed by atoms with Crippen molar-refractivity contribution in [3.8, 4) is 33.4 Å². The maximum Gasteiger partial charge on any atom is 0.0393 e. The molecule has 0 heterocycles. The van der Waals surface area contributed by atoms with Gasteiger partial charge in [0.1, 0.15) is 0 Å². The summed E-state index contributed by atoms with van der Waals surface area (Å²) >= 11 is 0. The highest BCUT2D eigenvalue weighted by molar-refractivity contribution is 5.83. The van der Waals surface area contributed by atoms with Gasteiger partial charge >= 0.3 is 0 Å². The quantitative estimate of drug-likeness (QED) is 0.165. The zero-order chi connectivity index (χ0) is 32.1. The van der Waals surface area contributed by atoms with Crippen molar-refractivity contribution in [3.63, 3.8) is 0 Å². The highest BCUT2D eigenvalue weighted by atomic mass is 14.6. The van der Waals surface area contributed by atoms with Crippen molar-refractivity contribution in [1.82, 2.24) is 0 Å². The molecule has 1 nitrogen and oxygen atoms in total. The lowest BCUT2D eigenvalue weighted by Gasteiger charge is -2.08. The lowest BCUT2D eigenvalue weighted by Crippen LogP contribution is -1.97. The molecule has 0 unspecified atom stereocenters. The Morgan fingerprint density at radius 3 is 1.37 bits per heavy atom. The van der Waals surface area contributed by atoms with E-state index in [4.69, 9.17) is 5.73 Å². The fourth-order valence-electron chi connectivity index (χ4n) is 5.34. The van der Waals surface area contributed by atoms with Crippen LogP contribution in [0.4, 0.5) is 0 Å². The number of nitrogens with two attached hydrogens (primary N) is 1. The molecule has 6 rings (SSSR count). The normalized spacial score (nSPS) is 11.0. The van der Waals surface area contributed by atoms with Crippen LogP contribution >= 0.6 is 0 Å². The van der Waals surface area contributed by atoms with E-state index in [2.05, 4.69) is 154 Å². The van der Waals surface area contributed by atoms with Gasteiger partial charge in [-0.15, -0.1) is 0 Å². The first-order valence-corrected chi connectivity index (χ1v) is 16.1. The predicted molar refractivity (Wildman–Crippen MR) is 200 cm³/mol.